The zero-order valence-electron chi connectivity index (χ0n) is 13.4. The molecule has 2 rings (SSSR count). The Balaban J connectivity index is 1.95. The first-order valence-electron chi connectivity index (χ1n) is 7.33. The van der Waals surface area contributed by atoms with E-state index in [2.05, 4.69) is 10.6 Å². The Morgan fingerprint density at radius 3 is 2.42 bits per heavy atom. The molecule has 0 aliphatic carbocycles. The van der Waals surface area contributed by atoms with Crippen LogP contribution in [-0.2, 0) is 9.59 Å². The van der Waals surface area contributed by atoms with Crippen molar-refractivity contribution in [1.82, 2.24) is 0 Å². The van der Waals surface area contributed by atoms with E-state index in [1.165, 1.54) is 6.92 Å². The summed E-state index contributed by atoms with van der Waals surface area (Å²) in [5, 5.41) is 14.2. The van der Waals surface area contributed by atoms with Crippen LogP contribution >= 0.6 is 0 Å². The molecular weight excluding hydrogens is 306 g/mol. The van der Waals surface area contributed by atoms with Crippen molar-refractivity contribution in [2.75, 3.05) is 10.6 Å². The maximum absolute atomic E-state index is 12.2. The van der Waals surface area contributed by atoms with Gasteiger partial charge in [-0.15, -0.1) is 0 Å². The summed E-state index contributed by atoms with van der Waals surface area (Å²) in [5.74, 6) is 0.0320. The van der Waals surface area contributed by atoms with Gasteiger partial charge in [-0.05, 0) is 49.4 Å². The largest absolute Gasteiger partial charge is 0.481 e. The van der Waals surface area contributed by atoms with Crippen LogP contribution in [0.15, 0.2) is 48.5 Å². The van der Waals surface area contributed by atoms with Gasteiger partial charge in [-0.25, -0.2) is 0 Å². The number of carbonyl (C=O) groups excluding carboxylic acids is 2. The minimum Gasteiger partial charge on any atom is -0.481 e. The standard InChI is InChI=1S/C18H17N3O3/c1-12(18(23)21-16-5-3-4-14(10-16)11-19)24-17-8-6-15(7-9-17)20-13(2)22/h3-10,12H,1-2H3,(H,20,22)(H,21,23)/t12-/m0/s1. The molecule has 0 aliphatic rings. The molecule has 2 aromatic rings. The normalized spacial score (nSPS) is 11.0. The van der Waals surface area contributed by atoms with Crippen molar-refractivity contribution < 1.29 is 14.3 Å². The predicted molar refractivity (Wildman–Crippen MR) is 90.6 cm³/mol. The van der Waals surface area contributed by atoms with Crippen molar-refractivity contribution in [1.29, 1.82) is 5.26 Å². The predicted octanol–water partition coefficient (Wildman–Crippen LogP) is 2.92. The Kier molecular flexibility index (Phi) is 5.53. The van der Waals surface area contributed by atoms with Crippen LogP contribution in [0.2, 0.25) is 0 Å². The van der Waals surface area contributed by atoms with Crippen LogP contribution < -0.4 is 15.4 Å². The maximum atomic E-state index is 12.2. The van der Waals surface area contributed by atoms with Crippen LogP contribution in [0.4, 0.5) is 11.4 Å². The Bertz CT molecular complexity index is 779. The zero-order valence-corrected chi connectivity index (χ0v) is 13.4. The van der Waals surface area contributed by atoms with E-state index in [1.54, 1.807) is 55.5 Å². The van der Waals surface area contributed by atoms with Gasteiger partial charge in [-0.2, -0.15) is 5.26 Å². The summed E-state index contributed by atoms with van der Waals surface area (Å²) in [5.41, 5.74) is 1.66. The number of amides is 2. The number of nitrogens with one attached hydrogen (secondary N) is 2. The molecule has 2 amide bonds. The molecule has 0 saturated carbocycles. The molecule has 0 spiro atoms. The van der Waals surface area contributed by atoms with E-state index in [-0.39, 0.29) is 11.8 Å². The fourth-order valence-electron chi connectivity index (χ4n) is 1.99. The number of nitriles is 1. The second-order valence-electron chi connectivity index (χ2n) is 5.15. The van der Waals surface area contributed by atoms with Crippen LogP contribution in [0, 0.1) is 11.3 Å². The quantitative estimate of drug-likeness (QED) is 0.885. The van der Waals surface area contributed by atoms with E-state index >= 15 is 0 Å². The highest BCUT2D eigenvalue weighted by Crippen LogP contribution is 2.18. The molecule has 2 N–H and O–H groups in total. The summed E-state index contributed by atoms with van der Waals surface area (Å²) < 4.78 is 5.58. The monoisotopic (exact) mass is 323 g/mol. The highest BCUT2D eigenvalue weighted by atomic mass is 16.5. The average molecular weight is 323 g/mol. The van der Waals surface area contributed by atoms with E-state index in [0.29, 0.717) is 22.7 Å². The lowest BCUT2D eigenvalue weighted by Gasteiger charge is -2.15. The SMILES string of the molecule is CC(=O)Nc1ccc(O[C@@H](C)C(=O)Nc2cccc(C#N)c2)cc1. The van der Waals surface area contributed by atoms with Gasteiger partial charge in [0.25, 0.3) is 5.91 Å². The van der Waals surface area contributed by atoms with Gasteiger partial charge in [0, 0.05) is 18.3 Å². The zero-order chi connectivity index (χ0) is 17.5. The summed E-state index contributed by atoms with van der Waals surface area (Å²) in [6.45, 7) is 3.06. The first-order chi connectivity index (χ1) is 11.5. The van der Waals surface area contributed by atoms with Gasteiger partial charge >= 0.3 is 0 Å². The molecule has 0 heterocycles. The number of carbonyl (C=O) groups is 2. The topological polar surface area (TPSA) is 91.2 Å². The number of ether oxygens (including phenoxy) is 1. The van der Waals surface area contributed by atoms with E-state index in [9.17, 15) is 9.59 Å². The molecular formula is C18H17N3O3. The molecule has 0 saturated heterocycles. The number of benzene rings is 2. The summed E-state index contributed by atoms with van der Waals surface area (Å²) in [6.07, 6.45) is -0.720. The molecule has 1 atom stereocenters. The smallest absolute Gasteiger partial charge is 0.265 e. The van der Waals surface area contributed by atoms with Crippen LogP contribution in [0.25, 0.3) is 0 Å². The van der Waals surface area contributed by atoms with Gasteiger partial charge in [-0.3, -0.25) is 9.59 Å². The number of anilines is 2. The minimum absolute atomic E-state index is 0.156. The molecule has 6 heteroatoms. The minimum atomic E-state index is -0.720. The van der Waals surface area contributed by atoms with Crippen molar-refractivity contribution in [3.8, 4) is 11.8 Å². The summed E-state index contributed by atoms with van der Waals surface area (Å²) in [6, 6.07) is 15.4. The van der Waals surface area contributed by atoms with Gasteiger partial charge in [0.15, 0.2) is 6.10 Å². The number of rotatable bonds is 5. The van der Waals surface area contributed by atoms with E-state index in [1.807, 2.05) is 6.07 Å². The molecule has 0 bridgehead atoms. The molecule has 6 nitrogen and oxygen atoms in total. The van der Waals surface area contributed by atoms with Crippen LogP contribution in [-0.4, -0.2) is 17.9 Å². The Labute approximate surface area is 140 Å². The van der Waals surface area contributed by atoms with Gasteiger partial charge in [-0.1, -0.05) is 6.07 Å². The Hall–Kier alpha value is -3.33. The molecule has 2 aromatic carbocycles. The third-order valence-corrected chi connectivity index (χ3v) is 3.12. The fraction of sp³-hybridized carbons (Fsp3) is 0.167. The molecule has 0 aromatic heterocycles. The first kappa shape index (κ1) is 17.0. The van der Waals surface area contributed by atoms with Crippen LogP contribution in [0.1, 0.15) is 19.4 Å². The second-order valence-corrected chi connectivity index (χ2v) is 5.15. The van der Waals surface area contributed by atoms with Crippen molar-refractivity contribution in [3.63, 3.8) is 0 Å². The summed E-state index contributed by atoms with van der Waals surface area (Å²) in [7, 11) is 0. The lowest BCUT2D eigenvalue weighted by molar-refractivity contribution is -0.122. The number of nitrogens with zero attached hydrogens (tertiary/aromatic N) is 1. The lowest BCUT2D eigenvalue weighted by Crippen LogP contribution is -2.30. The van der Waals surface area contributed by atoms with Gasteiger partial charge < -0.3 is 15.4 Å². The van der Waals surface area contributed by atoms with E-state index in [0.717, 1.165) is 0 Å². The highest BCUT2D eigenvalue weighted by Gasteiger charge is 2.15. The first-order valence-corrected chi connectivity index (χ1v) is 7.33. The van der Waals surface area contributed by atoms with Crippen molar-refractivity contribution >= 4 is 23.2 Å². The van der Waals surface area contributed by atoms with Crippen molar-refractivity contribution in [2.24, 2.45) is 0 Å². The second kappa shape index (κ2) is 7.79. The van der Waals surface area contributed by atoms with Gasteiger partial charge in [0.1, 0.15) is 5.75 Å². The maximum Gasteiger partial charge on any atom is 0.265 e. The van der Waals surface area contributed by atoms with E-state index < -0.39 is 6.10 Å². The van der Waals surface area contributed by atoms with Crippen LogP contribution in [0.3, 0.4) is 0 Å². The molecule has 0 radical (unpaired) electrons. The molecule has 0 fully saturated rings. The lowest BCUT2D eigenvalue weighted by atomic mass is 10.2. The molecule has 0 unspecified atom stereocenters. The van der Waals surface area contributed by atoms with Crippen molar-refractivity contribution in [3.05, 3.63) is 54.1 Å². The number of hydrogen-bond donors (Lipinski definition) is 2. The third kappa shape index (κ3) is 4.85. The van der Waals surface area contributed by atoms with Crippen LogP contribution in [0.5, 0.6) is 5.75 Å². The highest BCUT2D eigenvalue weighted by molar-refractivity contribution is 5.94. The Morgan fingerprint density at radius 1 is 1.08 bits per heavy atom. The van der Waals surface area contributed by atoms with E-state index in [4.69, 9.17) is 10.00 Å². The molecule has 122 valence electrons. The summed E-state index contributed by atoms with van der Waals surface area (Å²) in [4.78, 5) is 23.1. The molecule has 0 aliphatic heterocycles. The molecule has 24 heavy (non-hydrogen) atoms. The van der Waals surface area contributed by atoms with Gasteiger partial charge in [0.05, 0.1) is 11.6 Å². The fourth-order valence-corrected chi connectivity index (χ4v) is 1.99. The average Bonchev–Trinajstić information content (AvgIpc) is 2.56. The Morgan fingerprint density at radius 2 is 1.79 bits per heavy atom. The van der Waals surface area contributed by atoms with Crippen molar-refractivity contribution in [2.45, 2.75) is 20.0 Å². The summed E-state index contributed by atoms with van der Waals surface area (Å²) >= 11 is 0. The number of hydrogen-bond acceptors (Lipinski definition) is 4. The third-order valence-electron chi connectivity index (χ3n) is 3.12. The van der Waals surface area contributed by atoms with Gasteiger partial charge in [0.2, 0.25) is 5.91 Å².